The van der Waals surface area contributed by atoms with Gasteiger partial charge in [0.1, 0.15) is 17.1 Å². The van der Waals surface area contributed by atoms with E-state index in [1.54, 1.807) is 7.11 Å². The predicted molar refractivity (Wildman–Crippen MR) is 63.9 cm³/mol. The molecule has 0 bridgehead atoms. The van der Waals surface area contributed by atoms with E-state index in [0.717, 1.165) is 28.2 Å². The number of nitrogens with one attached hydrogen (secondary N) is 1. The fraction of sp³-hybridized carbons (Fsp3) is 0.455. The summed E-state index contributed by atoms with van der Waals surface area (Å²) in [5, 5.41) is 3.33. The molecule has 15 heavy (non-hydrogen) atoms. The van der Waals surface area contributed by atoms with Gasteiger partial charge in [0.15, 0.2) is 0 Å². The molecule has 1 aromatic carbocycles. The van der Waals surface area contributed by atoms with E-state index in [4.69, 9.17) is 9.47 Å². The van der Waals surface area contributed by atoms with E-state index < -0.39 is 0 Å². The molecule has 1 aromatic rings. The summed E-state index contributed by atoms with van der Waals surface area (Å²) < 4.78 is 12.0. The van der Waals surface area contributed by atoms with Crippen LogP contribution in [0.1, 0.15) is 13.8 Å². The maximum Gasteiger partial charge on any atom is 0.147 e. The number of benzene rings is 1. The van der Waals surface area contributed by atoms with Gasteiger partial charge in [-0.1, -0.05) is 0 Å². The van der Waals surface area contributed by atoms with E-state index in [0.29, 0.717) is 0 Å². The quantitative estimate of drug-likeness (QED) is 0.852. The van der Waals surface area contributed by atoms with Crippen LogP contribution in [0.2, 0.25) is 0 Å². The first kappa shape index (κ1) is 10.6. The van der Waals surface area contributed by atoms with Crippen LogP contribution in [0.25, 0.3) is 0 Å². The van der Waals surface area contributed by atoms with Crippen LogP contribution in [0.5, 0.6) is 11.5 Å². The van der Waals surface area contributed by atoms with E-state index in [1.807, 2.05) is 12.1 Å². The van der Waals surface area contributed by atoms with Crippen molar-refractivity contribution >= 4 is 21.6 Å². The molecule has 0 radical (unpaired) electrons. The van der Waals surface area contributed by atoms with Crippen molar-refractivity contribution in [2.75, 3.05) is 19.0 Å². The van der Waals surface area contributed by atoms with E-state index in [1.165, 1.54) is 0 Å². The fourth-order valence-electron chi connectivity index (χ4n) is 1.56. The second-order valence-electron chi connectivity index (χ2n) is 4.20. The molecule has 1 heterocycles. The van der Waals surface area contributed by atoms with Gasteiger partial charge in [0, 0.05) is 6.07 Å². The van der Waals surface area contributed by atoms with E-state index in [9.17, 15) is 0 Å². The highest BCUT2D eigenvalue weighted by atomic mass is 79.9. The molecule has 1 N–H and O–H groups in total. The monoisotopic (exact) mass is 271 g/mol. The summed E-state index contributed by atoms with van der Waals surface area (Å²) in [6.07, 6.45) is 0. The smallest absolute Gasteiger partial charge is 0.147 e. The Bertz CT molecular complexity index is 390. The molecule has 0 atom stereocenters. The van der Waals surface area contributed by atoms with Crippen molar-refractivity contribution in [3.63, 3.8) is 0 Å². The third-order valence-electron chi connectivity index (χ3n) is 2.34. The van der Waals surface area contributed by atoms with Crippen LogP contribution in [0.3, 0.4) is 0 Å². The van der Waals surface area contributed by atoms with Gasteiger partial charge in [0.2, 0.25) is 0 Å². The first-order valence-electron chi connectivity index (χ1n) is 4.82. The molecular weight excluding hydrogens is 258 g/mol. The summed E-state index contributed by atoms with van der Waals surface area (Å²) in [5.74, 6) is 1.62. The highest BCUT2D eigenvalue weighted by Crippen LogP contribution is 2.40. The third-order valence-corrected chi connectivity index (χ3v) is 2.96. The lowest BCUT2D eigenvalue weighted by atomic mass is 10.1. The summed E-state index contributed by atoms with van der Waals surface area (Å²) >= 11 is 3.44. The van der Waals surface area contributed by atoms with Gasteiger partial charge in [-0.25, -0.2) is 0 Å². The molecular formula is C11H14BrNO2. The molecule has 0 saturated heterocycles. The van der Waals surface area contributed by atoms with Crippen molar-refractivity contribution in [1.82, 2.24) is 0 Å². The van der Waals surface area contributed by atoms with Gasteiger partial charge in [-0.15, -0.1) is 0 Å². The molecule has 0 aromatic heterocycles. The van der Waals surface area contributed by atoms with Crippen LogP contribution >= 0.6 is 15.9 Å². The zero-order chi connectivity index (χ0) is 11.1. The Labute approximate surface area is 97.9 Å². The number of rotatable bonds is 1. The van der Waals surface area contributed by atoms with Gasteiger partial charge in [-0.2, -0.15) is 0 Å². The summed E-state index contributed by atoms with van der Waals surface area (Å²) in [4.78, 5) is 0. The SMILES string of the molecule is COc1cc2c(cc1Br)NCC(C)(C)O2. The largest absolute Gasteiger partial charge is 0.495 e. The van der Waals surface area contributed by atoms with Crippen molar-refractivity contribution in [3.05, 3.63) is 16.6 Å². The molecule has 0 saturated carbocycles. The maximum absolute atomic E-state index is 5.85. The highest BCUT2D eigenvalue weighted by molar-refractivity contribution is 9.10. The lowest BCUT2D eigenvalue weighted by molar-refractivity contribution is 0.115. The molecule has 0 fully saturated rings. The second-order valence-corrected chi connectivity index (χ2v) is 5.05. The van der Waals surface area contributed by atoms with Crippen molar-refractivity contribution in [1.29, 1.82) is 0 Å². The van der Waals surface area contributed by atoms with E-state index >= 15 is 0 Å². The molecule has 0 unspecified atom stereocenters. The van der Waals surface area contributed by atoms with Crippen LogP contribution in [0.15, 0.2) is 16.6 Å². The predicted octanol–water partition coefficient (Wildman–Crippen LogP) is 3.04. The van der Waals surface area contributed by atoms with Gasteiger partial charge in [-0.05, 0) is 35.8 Å². The van der Waals surface area contributed by atoms with Crippen molar-refractivity contribution in [2.24, 2.45) is 0 Å². The zero-order valence-electron chi connectivity index (χ0n) is 9.06. The molecule has 1 aliphatic rings. The zero-order valence-corrected chi connectivity index (χ0v) is 10.6. The van der Waals surface area contributed by atoms with Crippen LogP contribution in [-0.2, 0) is 0 Å². The molecule has 1 aliphatic heterocycles. The number of hydrogen-bond acceptors (Lipinski definition) is 3. The maximum atomic E-state index is 5.85. The highest BCUT2D eigenvalue weighted by Gasteiger charge is 2.27. The number of halogens is 1. The van der Waals surface area contributed by atoms with Gasteiger partial charge in [-0.3, -0.25) is 0 Å². The van der Waals surface area contributed by atoms with Crippen LogP contribution in [0, 0.1) is 0 Å². The Morgan fingerprint density at radius 2 is 2.20 bits per heavy atom. The minimum atomic E-state index is -0.175. The lowest BCUT2D eigenvalue weighted by Gasteiger charge is -2.33. The summed E-state index contributed by atoms with van der Waals surface area (Å²) in [7, 11) is 1.65. The summed E-state index contributed by atoms with van der Waals surface area (Å²) in [6, 6.07) is 3.87. The topological polar surface area (TPSA) is 30.5 Å². The number of methoxy groups -OCH3 is 1. The summed E-state index contributed by atoms with van der Waals surface area (Å²) in [5.41, 5.74) is 0.827. The average molecular weight is 272 g/mol. The van der Waals surface area contributed by atoms with Gasteiger partial charge < -0.3 is 14.8 Å². The molecule has 2 rings (SSSR count). The van der Waals surface area contributed by atoms with Crippen LogP contribution < -0.4 is 14.8 Å². The molecule has 82 valence electrons. The number of hydrogen-bond donors (Lipinski definition) is 1. The number of ether oxygens (including phenoxy) is 2. The first-order valence-corrected chi connectivity index (χ1v) is 5.61. The van der Waals surface area contributed by atoms with Crippen molar-refractivity contribution in [3.8, 4) is 11.5 Å². The Balaban J connectivity index is 2.42. The van der Waals surface area contributed by atoms with Crippen molar-refractivity contribution < 1.29 is 9.47 Å². The Hall–Kier alpha value is -0.900. The number of fused-ring (bicyclic) bond motifs is 1. The van der Waals surface area contributed by atoms with E-state index in [2.05, 4.69) is 35.1 Å². The summed E-state index contributed by atoms with van der Waals surface area (Å²) in [6.45, 7) is 4.91. The molecule has 4 heteroatoms. The number of anilines is 1. The van der Waals surface area contributed by atoms with Gasteiger partial charge in [0.05, 0.1) is 23.8 Å². The lowest BCUT2D eigenvalue weighted by Crippen LogP contribution is -2.39. The average Bonchev–Trinajstić information content (AvgIpc) is 2.17. The van der Waals surface area contributed by atoms with Gasteiger partial charge >= 0.3 is 0 Å². The third kappa shape index (κ3) is 2.04. The standard InChI is InChI=1S/C11H14BrNO2/c1-11(2)6-13-8-4-7(12)9(14-3)5-10(8)15-11/h4-5,13H,6H2,1-3H3. The van der Waals surface area contributed by atoms with E-state index in [-0.39, 0.29) is 5.60 Å². The van der Waals surface area contributed by atoms with Crippen molar-refractivity contribution in [2.45, 2.75) is 19.4 Å². The Morgan fingerprint density at radius 1 is 1.47 bits per heavy atom. The molecule has 0 aliphatic carbocycles. The van der Waals surface area contributed by atoms with Crippen LogP contribution in [0.4, 0.5) is 5.69 Å². The minimum absolute atomic E-state index is 0.175. The molecule has 0 amide bonds. The van der Waals surface area contributed by atoms with Gasteiger partial charge in [0.25, 0.3) is 0 Å². The molecule has 0 spiro atoms. The first-order chi connectivity index (χ1) is 7.02. The Morgan fingerprint density at radius 3 is 2.87 bits per heavy atom. The van der Waals surface area contributed by atoms with Crippen LogP contribution in [-0.4, -0.2) is 19.3 Å². The fourth-order valence-corrected chi connectivity index (χ4v) is 2.06. The Kier molecular flexibility index (Phi) is 2.54. The molecule has 3 nitrogen and oxygen atoms in total. The minimum Gasteiger partial charge on any atom is -0.495 e. The normalized spacial score (nSPS) is 17.3. The second kappa shape index (κ2) is 3.59.